The molecule has 1 aromatic heterocycles. The van der Waals surface area contributed by atoms with E-state index in [0.717, 1.165) is 4.68 Å². The molecule has 0 saturated carbocycles. The van der Waals surface area contributed by atoms with Crippen LogP contribution in [0.2, 0.25) is 0 Å². The van der Waals surface area contributed by atoms with Crippen LogP contribution in [0.3, 0.4) is 0 Å². The summed E-state index contributed by atoms with van der Waals surface area (Å²) in [7, 11) is 0. The largest absolute Gasteiger partial charge is 0.350 e. The molecular weight excluding hydrogens is 249 g/mol. The van der Waals surface area contributed by atoms with Crippen molar-refractivity contribution in [2.24, 2.45) is 0 Å². The fourth-order valence-electron chi connectivity index (χ4n) is 1.53. The van der Waals surface area contributed by atoms with Crippen LogP contribution in [0.15, 0.2) is 47.4 Å². The maximum absolute atomic E-state index is 13.3. The van der Waals surface area contributed by atoms with E-state index in [1.54, 1.807) is 18.2 Å². The smallest absolute Gasteiger partial charge is 0.267 e. The summed E-state index contributed by atoms with van der Waals surface area (Å²) in [5.41, 5.74) is 0.0350. The quantitative estimate of drug-likeness (QED) is 0.881. The molecule has 19 heavy (non-hydrogen) atoms. The van der Waals surface area contributed by atoms with Crippen LogP contribution in [0.5, 0.6) is 0 Å². The fourth-order valence-corrected chi connectivity index (χ4v) is 1.53. The van der Waals surface area contributed by atoms with Crippen LogP contribution in [0, 0.1) is 5.82 Å². The molecule has 2 rings (SSSR count). The molecule has 5 nitrogen and oxygen atoms in total. The number of nitrogens with one attached hydrogen (secondary N) is 1. The highest BCUT2D eigenvalue weighted by Gasteiger charge is 2.06. The Hall–Kier alpha value is -2.50. The second-order valence-electron chi connectivity index (χ2n) is 3.89. The van der Waals surface area contributed by atoms with Crippen LogP contribution in [0.25, 0.3) is 0 Å². The van der Waals surface area contributed by atoms with E-state index in [-0.39, 0.29) is 24.5 Å². The lowest BCUT2D eigenvalue weighted by Gasteiger charge is -2.07. The van der Waals surface area contributed by atoms with Crippen LogP contribution in [0.1, 0.15) is 5.56 Å². The number of aromatic nitrogens is 2. The van der Waals surface area contributed by atoms with Crippen molar-refractivity contribution < 1.29 is 9.18 Å². The van der Waals surface area contributed by atoms with Crippen molar-refractivity contribution in [1.82, 2.24) is 15.1 Å². The standard InChI is InChI=1S/C13H12FN3O2/c14-11-5-2-1-4-10(11)8-15-12(18)9-17-13(19)6-3-7-16-17/h1-7H,8-9H2,(H,15,18). The molecule has 0 fully saturated rings. The second-order valence-corrected chi connectivity index (χ2v) is 3.89. The van der Waals surface area contributed by atoms with Gasteiger partial charge < -0.3 is 5.32 Å². The molecule has 0 aliphatic rings. The van der Waals surface area contributed by atoms with Gasteiger partial charge in [0.1, 0.15) is 12.4 Å². The summed E-state index contributed by atoms with van der Waals surface area (Å²) in [6.45, 7) is -0.110. The zero-order chi connectivity index (χ0) is 13.7. The topological polar surface area (TPSA) is 64.0 Å². The van der Waals surface area contributed by atoms with Gasteiger partial charge in [0, 0.05) is 24.4 Å². The summed E-state index contributed by atoms with van der Waals surface area (Å²) < 4.78 is 14.4. The molecule has 0 aliphatic carbocycles. The maximum Gasteiger partial charge on any atom is 0.267 e. The van der Waals surface area contributed by atoms with Crippen molar-refractivity contribution in [1.29, 1.82) is 0 Å². The van der Waals surface area contributed by atoms with Crippen molar-refractivity contribution in [3.05, 3.63) is 64.3 Å². The predicted molar refractivity (Wildman–Crippen MR) is 66.7 cm³/mol. The van der Waals surface area contributed by atoms with Crippen molar-refractivity contribution >= 4 is 5.91 Å². The summed E-state index contributed by atoms with van der Waals surface area (Å²) in [6, 6.07) is 8.99. The van der Waals surface area contributed by atoms with Gasteiger partial charge >= 0.3 is 0 Å². The van der Waals surface area contributed by atoms with Gasteiger partial charge in [0.25, 0.3) is 5.56 Å². The van der Waals surface area contributed by atoms with Crippen LogP contribution in [0.4, 0.5) is 4.39 Å². The number of benzene rings is 1. The minimum atomic E-state index is -0.399. The number of hydrogen-bond donors (Lipinski definition) is 1. The Balaban J connectivity index is 1.94. The normalized spacial score (nSPS) is 10.2. The monoisotopic (exact) mass is 261 g/mol. The molecule has 6 heteroatoms. The molecule has 0 atom stereocenters. The van der Waals surface area contributed by atoms with Crippen molar-refractivity contribution in [2.75, 3.05) is 0 Å². The lowest BCUT2D eigenvalue weighted by atomic mass is 10.2. The van der Waals surface area contributed by atoms with Gasteiger partial charge in [-0.2, -0.15) is 5.10 Å². The first-order valence-corrected chi connectivity index (χ1v) is 5.69. The number of rotatable bonds is 4. The van der Waals surface area contributed by atoms with E-state index in [4.69, 9.17) is 0 Å². The highest BCUT2D eigenvalue weighted by atomic mass is 19.1. The maximum atomic E-state index is 13.3. The molecule has 1 aromatic carbocycles. The molecule has 0 aliphatic heterocycles. The lowest BCUT2D eigenvalue weighted by Crippen LogP contribution is -2.33. The van der Waals surface area contributed by atoms with Gasteiger partial charge in [-0.25, -0.2) is 9.07 Å². The van der Waals surface area contributed by atoms with E-state index in [1.807, 2.05) is 0 Å². The van der Waals surface area contributed by atoms with Gasteiger partial charge in [0.15, 0.2) is 0 Å². The van der Waals surface area contributed by atoms with Crippen LogP contribution >= 0.6 is 0 Å². The zero-order valence-electron chi connectivity index (χ0n) is 10.0. The van der Waals surface area contributed by atoms with E-state index in [1.165, 1.54) is 24.4 Å². The molecule has 0 unspecified atom stereocenters. The molecular formula is C13H12FN3O2. The fraction of sp³-hybridized carbons (Fsp3) is 0.154. The highest BCUT2D eigenvalue weighted by Crippen LogP contribution is 2.05. The first-order chi connectivity index (χ1) is 9.16. The van der Waals surface area contributed by atoms with Crippen LogP contribution in [-0.4, -0.2) is 15.7 Å². The van der Waals surface area contributed by atoms with Gasteiger partial charge in [0.05, 0.1) is 0 Å². The van der Waals surface area contributed by atoms with Gasteiger partial charge in [-0.1, -0.05) is 18.2 Å². The second kappa shape index (κ2) is 5.90. The Morgan fingerprint density at radius 1 is 1.26 bits per heavy atom. The van der Waals surface area contributed by atoms with Crippen LogP contribution < -0.4 is 10.9 Å². The Bertz CT molecular complexity index is 640. The molecule has 1 N–H and O–H groups in total. The van der Waals surface area contributed by atoms with Crippen LogP contribution in [-0.2, 0) is 17.9 Å². The SMILES string of the molecule is O=C(Cn1ncccc1=O)NCc1ccccc1F. The van der Waals surface area contributed by atoms with Gasteiger partial charge in [-0.05, 0) is 12.1 Å². The average Bonchev–Trinajstić information content (AvgIpc) is 2.40. The van der Waals surface area contributed by atoms with Crippen molar-refractivity contribution in [2.45, 2.75) is 13.1 Å². The summed E-state index contributed by atoms with van der Waals surface area (Å²) in [4.78, 5) is 23.0. The number of carbonyl (C=O) groups excluding carboxylic acids is 1. The Morgan fingerprint density at radius 3 is 2.79 bits per heavy atom. The number of nitrogens with zero attached hydrogens (tertiary/aromatic N) is 2. The lowest BCUT2D eigenvalue weighted by molar-refractivity contribution is -0.122. The molecule has 1 amide bonds. The predicted octanol–water partition coefficient (Wildman–Crippen LogP) is 0.699. The zero-order valence-corrected chi connectivity index (χ0v) is 10.0. The number of halogens is 1. The summed E-state index contributed by atoms with van der Waals surface area (Å²) in [5.74, 6) is -0.776. The summed E-state index contributed by atoms with van der Waals surface area (Å²) >= 11 is 0. The van der Waals surface area contributed by atoms with Gasteiger partial charge in [0.2, 0.25) is 5.91 Å². The van der Waals surface area contributed by atoms with E-state index in [2.05, 4.69) is 10.4 Å². The van der Waals surface area contributed by atoms with E-state index >= 15 is 0 Å². The van der Waals surface area contributed by atoms with E-state index < -0.39 is 5.91 Å². The minimum absolute atomic E-state index is 0.0765. The van der Waals surface area contributed by atoms with Crippen molar-refractivity contribution in [3.63, 3.8) is 0 Å². The summed E-state index contributed by atoms with van der Waals surface area (Å²) in [5, 5.41) is 6.30. The Morgan fingerprint density at radius 2 is 2.05 bits per heavy atom. The van der Waals surface area contributed by atoms with E-state index in [9.17, 15) is 14.0 Å². The van der Waals surface area contributed by atoms with E-state index in [0.29, 0.717) is 5.56 Å². The minimum Gasteiger partial charge on any atom is -0.350 e. The molecule has 0 bridgehead atoms. The molecule has 0 saturated heterocycles. The number of hydrogen-bond acceptors (Lipinski definition) is 3. The summed E-state index contributed by atoms with van der Waals surface area (Å²) in [6.07, 6.45) is 1.42. The molecule has 0 radical (unpaired) electrons. The third kappa shape index (κ3) is 3.48. The Kier molecular flexibility index (Phi) is 4.02. The molecule has 0 spiro atoms. The third-order valence-corrected chi connectivity index (χ3v) is 2.51. The van der Waals surface area contributed by atoms with Gasteiger partial charge in [-0.15, -0.1) is 0 Å². The first kappa shape index (κ1) is 12.9. The van der Waals surface area contributed by atoms with Crippen molar-refractivity contribution in [3.8, 4) is 0 Å². The number of carbonyl (C=O) groups is 1. The first-order valence-electron chi connectivity index (χ1n) is 5.69. The third-order valence-electron chi connectivity index (χ3n) is 2.51. The van der Waals surface area contributed by atoms with Gasteiger partial charge in [-0.3, -0.25) is 9.59 Å². The molecule has 98 valence electrons. The highest BCUT2D eigenvalue weighted by molar-refractivity contribution is 5.75. The average molecular weight is 261 g/mol. The Labute approximate surface area is 108 Å². The molecule has 1 heterocycles. The molecule has 2 aromatic rings. The number of amides is 1.